The fourth-order valence-corrected chi connectivity index (χ4v) is 4.05. The first-order chi connectivity index (χ1) is 15.8. The minimum absolute atomic E-state index is 0.0547. The number of nitrogens with zero attached hydrogens (tertiary/aromatic N) is 1. The van der Waals surface area contributed by atoms with Crippen LogP contribution in [-0.4, -0.2) is 34.0 Å². The van der Waals surface area contributed by atoms with Crippen molar-refractivity contribution in [3.8, 4) is 5.75 Å². The number of aldehydes is 1. The normalized spacial score (nSPS) is 13.0. The van der Waals surface area contributed by atoms with Gasteiger partial charge in [-0.05, 0) is 61.9 Å². The highest BCUT2D eigenvalue weighted by Gasteiger charge is 2.25. The number of hydrogen-bond acceptors (Lipinski definition) is 4. The van der Waals surface area contributed by atoms with Gasteiger partial charge in [-0.2, -0.15) is 0 Å². The first-order valence-corrected chi connectivity index (χ1v) is 11.0. The number of halogens is 1. The Hall–Kier alpha value is -3.41. The molecule has 4 rings (SSSR count). The quantitative estimate of drug-likeness (QED) is 0.289. The second-order valence-corrected chi connectivity index (χ2v) is 8.67. The van der Waals surface area contributed by atoms with E-state index in [0.717, 1.165) is 22.2 Å². The van der Waals surface area contributed by atoms with Gasteiger partial charge in [0.1, 0.15) is 5.75 Å². The molecule has 0 aliphatic carbocycles. The monoisotopic (exact) mass is 461 g/mol. The van der Waals surface area contributed by atoms with E-state index in [1.807, 2.05) is 49.4 Å². The third kappa shape index (κ3) is 4.56. The van der Waals surface area contributed by atoms with Crippen molar-refractivity contribution < 1.29 is 19.4 Å². The second kappa shape index (κ2) is 9.22. The van der Waals surface area contributed by atoms with E-state index in [1.54, 1.807) is 30.3 Å². The van der Waals surface area contributed by atoms with E-state index in [-0.39, 0.29) is 5.78 Å². The van der Waals surface area contributed by atoms with E-state index < -0.39 is 12.2 Å². The Kier molecular flexibility index (Phi) is 6.36. The Balaban J connectivity index is 1.73. The summed E-state index contributed by atoms with van der Waals surface area (Å²) in [6, 6.07) is 22.1. The molecule has 3 aromatic carbocycles. The van der Waals surface area contributed by atoms with Gasteiger partial charge in [0.15, 0.2) is 17.7 Å². The van der Waals surface area contributed by atoms with Crippen molar-refractivity contribution in [1.29, 1.82) is 0 Å². The van der Waals surface area contributed by atoms with Crippen LogP contribution in [0.3, 0.4) is 0 Å². The molecular weight excluding hydrogens is 438 g/mol. The highest BCUT2D eigenvalue weighted by Crippen LogP contribution is 2.30. The van der Waals surface area contributed by atoms with Crippen molar-refractivity contribution >= 4 is 34.6 Å². The number of carbonyl (C=O) groups excluding carboxylic acids is 2. The number of aliphatic hydroxyl groups is 1. The molecule has 4 aromatic rings. The summed E-state index contributed by atoms with van der Waals surface area (Å²) < 4.78 is 7.81. The van der Waals surface area contributed by atoms with Gasteiger partial charge in [0.05, 0.1) is 12.2 Å². The molecule has 0 spiro atoms. The van der Waals surface area contributed by atoms with Gasteiger partial charge in [0.2, 0.25) is 0 Å². The summed E-state index contributed by atoms with van der Waals surface area (Å²) in [7, 11) is 0. The zero-order valence-electron chi connectivity index (χ0n) is 18.4. The fraction of sp³-hybridized carbons (Fsp3) is 0.185. The molecule has 1 aromatic heterocycles. The summed E-state index contributed by atoms with van der Waals surface area (Å²) >= 11 is 6.00. The molecule has 0 unspecified atom stereocenters. The number of carbonyl (C=O) groups is 2. The molecule has 0 bridgehead atoms. The zero-order valence-corrected chi connectivity index (χ0v) is 19.2. The summed E-state index contributed by atoms with van der Waals surface area (Å²) in [5.41, 5.74) is 2.69. The largest absolute Gasteiger partial charge is 0.478 e. The predicted octanol–water partition coefficient (Wildman–Crippen LogP) is 5.21. The Morgan fingerprint density at radius 1 is 1.09 bits per heavy atom. The summed E-state index contributed by atoms with van der Waals surface area (Å²) in [4.78, 5) is 24.7. The predicted molar refractivity (Wildman–Crippen MR) is 129 cm³/mol. The lowest BCUT2D eigenvalue weighted by Crippen LogP contribution is -2.38. The average Bonchev–Trinajstić information content (AvgIpc) is 3.10. The van der Waals surface area contributed by atoms with Crippen LogP contribution in [0.15, 0.2) is 72.8 Å². The molecule has 1 atom stereocenters. The number of benzene rings is 3. The molecule has 0 saturated heterocycles. The number of aromatic nitrogens is 1. The summed E-state index contributed by atoms with van der Waals surface area (Å²) in [6.07, 6.45) is 0.595. The number of ether oxygens (including phenoxy) is 1. The summed E-state index contributed by atoms with van der Waals surface area (Å²) in [5, 5.41) is 10.9. The average molecular weight is 462 g/mol. The van der Waals surface area contributed by atoms with Gasteiger partial charge in [0, 0.05) is 33.7 Å². The van der Waals surface area contributed by atoms with Gasteiger partial charge in [0.25, 0.3) is 0 Å². The Morgan fingerprint density at radius 3 is 2.52 bits per heavy atom. The lowest BCUT2D eigenvalue weighted by atomic mass is 10.0. The lowest BCUT2D eigenvalue weighted by Gasteiger charge is -2.22. The minimum Gasteiger partial charge on any atom is -0.478 e. The molecule has 0 radical (unpaired) electrons. The van der Waals surface area contributed by atoms with E-state index in [4.69, 9.17) is 16.3 Å². The number of hydrogen-bond donors (Lipinski definition) is 1. The Morgan fingerprint density at radius 2 is 1.82 bits per heavy atom. The van der Waals surface area contributed by atoms with E-state index >= 15 is 0 Å². The molecule has 0 amide bonds. The van der Waals surface area contributed by atoms with Gasteiger partial charge in [-0.3, -0.25) is 9.59 Å². The van der Waals surface area contributed by atoms with Crippen molar-refractivity contribution in [2.45, 2.75) is 26.0 Å². The van der Waals surface area contributed by atoms with Crippen LogP contribution in [0.2, 0.25) is 5.02 Å². The molecule has 0 aliphatic rings. The van der Waals surface area contributed by atoms with E-state index in [2.05, 4.69) is 4.57 Å². The molecule has 0 fully saturated rings. The SMILES string of the molecule is Cc1c(C(=O)c2ccc(Cl)cc2)c2ccccc2n1Cc1cccc(O[C@](C)(C=O)CO)c1. The first kappa shape index (κ1) is 22.8. The maximum atomic E-state index is 13.4. The standard InChI is InChI=1S/C27H24ClNO4/c1-18-25(26(32)20-10-12-21(28)13-11-20)23-8-3-4-9-24(23)29(18)15-19-6-5-7-22(14-19)33-27(2,16-30)17-31/h3-14,16,31H,15,17H2,1-2H3/t27-/m1/s1. The Labute approximate surface area is 197 Å². The van der Waals surface area contributed by atoms with Gasteiger partial charge in [-0.1, -0.05) is 41.9 Å². The van der Waals surface area contributed by atoms with Gasteiger partial charge in [-0.25, -0.2) is 0 Å². The number of ketones is 1. The Bertz CT molecular complexity index is 1330. The molecule has 0 saturated carbocycles. The number of para-hydroxylation sites is 1. The number of fused-ring (bicyclic) bond motifs is 1. The number of aliphatic hydroxyl groups excluding tert-OH is 1. The topological polar surface area (TPSA) is 68.5 Å². The van der Waals surface area contributed by atoms with Crippen molar-refractivity contribution in [3.63, 3.8) is 0 Å². The van der Waals surface area contributed by atoms with Crippen molar-refractivity contribution in [2.24, 2.45) is 0 Å². The smallest absolute Gasteiger partial charge is 0.195 e. The minimum atomic E-state index is -1.30. The van der Waals surface area contributed by atoms with Crippen LogP contribution in [0.1, 0.15) is 34.1 Å². The van der Waals surface area contributed by atoms with Crippen LogP contribution in [-0.2, 0) is 11.3 Å². The fourth-order valence-electron chi connectivity index (χ4n) is 3.92. The van der Waals surface area contributed by atoms with Crippen molar-refractivity contribution in [1.82, 2.24) is 4.57 Å². The first-order valence-electron chi connectivity index (χ1n) is 10.6. The summed E-state index contributed by atoms with van der Waals surface area (Å²) in [5.74, 6) is 0.434. The van der Waals surface area contributed by atoms with Crippen molar-refractivity contribution in [2.75, 3.05) is 6.61 Å². The molecule has 168 valence electrons. The third-order valence-electron chi connectivity index (χ3n) is 5.72. The zero-order chi connectivity index (χ0) is 23.6. The van der Waals surface area contributed by atoms with Crippen LogP contribution in [0.25, 0.3) is 10.9 Å². The molecule has 6 heteroatoms. The third-order valence-corrected chi connectivity index (χ3v) is 5.97. The van der Waals surface area contributed by atoms with Gasteiger partial charge in [-0.15, -0.1) is 0 Å². The molecule has 5 nitrogen and oxygen atoms in total. The van der Waals surface area contributed by atoms with Gasteiger partial charge >= 0.3 is 0 Å². The summed E-state index contributed by atoms with van der Waals surface area (Å²) in [6.45, 7) is 3.57. The van der Waals surface area contributed by atoms with Gasteiger partial charge < -0.3 is 14.4 Å². The molecule has 33 heavy (non-hydrogen) atoms. The van der Waals surface area contributed by atoms with Crippen LogP contribution < -0.4 is 4.74 Å². The van der Waals surface area contributed by atoms with Crippen LogP contribution in [0, 0.1) is 6.92 Å². The maximum absolute atomic E-state index is 13.4. The molecule has 1 N–H and O–H groups in total. The lowest BCUT2D eigenvalue weighted by molar-refractivity contribution is -0.123. The molecular formula is C27H24ClNO4. The highest BCUT2D eigenvalue weighted by molar-refractivity contribution is 6.30. The van der Waals surface area contributed by atoms with Crippen LogP contribution >= 0.6 is 11.6 Å². The molecule has 0 aliphatic heterocycles. The maximum Gasteiger partial charge on any atom is 0.195 e. The van der Waals surface area contributed by atoms with Crippen LogP contribution in [0.5, 0.6) is 5.75 Å². The van der Waals surface area contributed by atoms with E-state index in [0.29, 0.717) is 34.7 Å². The van der Waals surface area contributed by atoms with E-state index in [1.165, 1.54) is 6.92 Å². The molecule has 1 heterocycles. The second-order valence-electron chi connectivity index (χ2n) is 8.24. The van der Waals surface area contributed by atoms with E-state index in [9.17, 15) is 14.7 Å². The van der Waals surface area contributed by atoms with Crippen LogP contribution in [0.4, 0.5) is 0 Å². The number of rotatable bonds is 8. The highest BCUT2D eigenvalue weighted by atomic mass is 35.5. The van der Waals surface area contributed by atoms with Crippen molar-refractivity contribution in [3.05, 3.63) is 100 Å².